The molecule has 0 spiro atoms. The van der Waals surface area contributed by atoms with Crippen LogP contribution < -0.4 is 4.74 Å². The van der Waals surface area contributed by atoms with Gasteiger partial charge in [-0.2, -0.15) is 0 Å². The summed E-state index contributed by atoms with van der Waals surface area (Å²) in [5.41, 5.74) is 0.0178. The van der Waals surface area contributed by atoms with E-state index in [2.05, 4.69) is 4.98 Å². The summed E-state index contributed by atoms with van der Waals surface area (Å²) in [6.45, 7) is 2.30. The maximum Gasteiger partial charge on any atom is 0.410 e. The highest BCUT2D eigenvalue weighted by Gasteiger charge is 2.37. The van der Waals surface area contributed by atoms with Crippen molar-refractivity contribution < 1.29 is 29.3 Å². The number of aliphatic hydroxyl groups is 1. The maximum atomic E-state index is 12.2. The summed E-state index contributed by atoms with van der Waals surface area (Å²) in [5.74, 6) is 0.151. The fourth-order valence-corrected chi connectivity index (χ4v) is 4.63. The van der Waals surface area contributed by atoms with Gasteiger partial charge in [-0.25, -0.2) is 14.6 Å². The minimum absolute atomic E-state index is 0.0178. The van der Waals surface area contributed by atoms with E-state index in [0.29, 0.717) is 22.4 Å². The molecule has 1 fully saturated rings. The molecule has 10 heteroatoms. The topological polar surface area (TPSA) is 109 Å². The van der Waals surface area contributed by atoms with E-state index in [-0.39, 0.29) is 24.4 Å². The van der Waals surface area contributed by atoms with Crippen LogP contribution in [0.2, 0.25) is 0 Å². The number of thiazole rings is 1. The van der Waals surface area contributed by atoms with Gasteiger partial charge >= 0.3 is 12.1 Å². The zero-order chi connectivity index (χ0) is 21.5. The van der Waals surface area contributed by atoms with Gasteiger partial charge in [0.05, 0.1) is 6.04 Å². The molecule has 2 heterocycles. The number of para-hydroxylation sites is 1. The van der Waals surface area contributed by atoms with Crippen molar-refractivity contribution in [2.45, 2.75) is 29.5 Å². The summed E-state index contributed by atoms with van der Waals surface area (Å²) in [7, 11) is 0. The van der Waals surface area contributed by atoms with Crippen molar-refractivity contribution in [3.8, 4) is 5.75 Å². The fourth-order valence-electron chi connectivity index (χ4n) is 2.82. The lowest BCUT2D eigenvalue weighted by molar-refractivity contribution is 0.0690. The summed E-state index contributed by atoms with van der Waals surface area (Å²) >= 11 is 2.64. The van der Waals surface area contributed by atoms with Crippen LogP contribution in [0.1, 0.15) is 17.4 Å². The Hall–Kier alpha value is -2.56. The van der Waals surface area contributed by atoms with Gasteiger partial charge in [0, 0.05) is 17.7 Å². The monoisotopic (exact) mass is 450 g/mol. The molecule has 0 radical (unpaired) electrons. The molecule has 1 aliphatic rings. The zero-order valence-electron chi connectivity index (χ0n) is 16.2. The van der Waals surface area contributed by atoms with Crippen molar-refractivity contribution in [2.75, 3.05) is 18.9 Å². The molecule has 0 bridgehead atoms. The quantitative estimate of drug-likeness (QED) is 0.420. The summed E-state index contributed by atoms with van der Waals surface area (Å²) in [6.07, 6.45) is 1.77. The molecule has 30 heavy (non-hydrogen) atoms. The molecule has 0 aliphatic carbocycles. The minimum atomic E-state index is -1.06. The van der Waals surface area contributed by atoms with E-state index >= 15 is 0 Å². The molecule has 1 amide bonds. The van der Waals surface area contributed by atoms with E-state index in [0.717, 1.165) is 0 Å². The molecular formula is C20H22N2O6S2. The van der Waals surface area contributed by atoms with Crippen LogP contribution in [-0.2, 0) is 4.74 Å². The van der Waals surface area contributed by atoms with Gasteiger partial charge in [0.25, 0.3) is 0 Å². The number of rotatable bonds is 10. The number of benzene rings is 1. The van der Waals surface area contributed by atoms with Crippen molar-refractivity contribution in [1.29, 1.82) is 0 Å². The van der Waals surface area contributed by atoms with Gasteiger partial charge < -0.3 is 19.7 Å². The molecule has 8 nitrogen and oxygen atoms in total. The van der Waals surface area contributed by atoms with Gasteiger partial charge in [-0.3, -0.25) is 4.90 Å². The molecule has 160 valence electrons. The van der Waals surface area contributed by atoms with Gasteiger partial charge in [-0.05, 0) is 19.1 Å². The third-order valence-electron chi connectivity index (χ3n) is 4.32. The van der Waals surface area contributed by atoms with Crippen molar-refractivity contribution in [3.63, 3.8) is 0 Å². The molecule has 1 saturated heterocycles. The second-order valence-corrected chi connectivity index (χ2v) is 8.70. The Bertz CT molecular complexity index is 888. The van der Waals surface area contributed by atoms with Crippen LogP contribution in [0, 0.1) is 0 Å². The van der Waals surface area contributed by atoms with E-state index < -0.39 is 18.2 Å². The number of carboxylic acids is 1. The van der Waals surface area contributed by atoms with Crippen molar-refractivity contribution in [3.05, 3.63) is 53.6 Å². The molecule has 2 aromatic rings. The number of thioether (sulfide) groups is 1. The number of aromatic nitrogens is 1. The Morgan fingerprint density at radius 1 is 1.43 bits per heavy atom. The van der Waals surface area contributed by atoms with E-state index in [1.165, 1.54) is 28.5 Å². The molecule has 2 N–H and O–H groups in total. The first-order chi connectivity index (χ1) is 14.4. The number of amides is 1. The SMILES string of the molecule is CC1OC(=O)N(CCSc2nc(C(=O)O)cs2)C1C=CC(O)COc1ccccc1. The highest BCUT2D eigenvalue weighted by atomic mass is 32.2. The Morgan fingerprint density at radius 2 is 2.20 bits per heavy atom. The Labute approximate surface area is 182 Å². The number of ether oxygens (including phenoxy) is 2. The standard InChI is InChI=1S/C20H22N2O6S2/c1-13-17(8-7-14(23)11-27-15-5-3-2-4-6-15)22(20(26)28-13)9-10-29-19-21-16(12-30-19)18(24)25/h2-8,12-14,17,23H,9-11H2,1H3,(H,24,25). The number of hydrogen-bond donors (Lipinski definition) is 2. The van der Waals surface area contributed by atoms with Gasteiger partial charge in [0.2, 0.25) is 0 Å². The largest absolute Gasteiger partial charge is 0.491 e. The van der Waals surface area contributed by atoms with Crippen LogP contribution in [0.25, 0.3) is 0 Å². The van der Waals surface area contributed by atoms with E-state index in [1.54, 1.807) is 24.0 Å². The first kappa shape index (κ1) is 22.1. The summed E-state index contributed by atoms with van der Waals surface area (Å²) < 4.78 is 11.5. The molecule has 3 rings (SSSR count). The van der Waals surface area contributed by atoms with Crippen molar-refractivity contribution in [2.24, 2.45) is 0 Å². The average molecular weight is 451 g/mol. The number of carbonyl (C=O) groups excluding carboxylic acids is 1. The number of nitrogens with zero attached hydrogens (tertiary/aromatic N) is 2. The fraction of sp³-hybridized carbons (Fsp3) is 0.350. The molecule has 1 aromatic heterocycles. The Kier molecular flexibility index (Phi) is 7.72. The van der Waals surface area contributed by atoms with Crippen LogP contribution in [0.4, 0.5) is 4.79 Å². The summed E-state index contributed by atoms with van der Waals surface area (Å²) in [4.78, 5) is 28.7. The second-order valence-electron chi connectivity index (χ2n) is 6.50. The highest BCUT2D eigenvalue weighted by molar-refractivity contribution is 8.01. The average Bonchev–Trinajstić information content (AvgIpc) is 3.30. The lowest BCUT2D eigenvalue weighted by Crippen LogP contribution is -2.36. The van der Waals surface area contributed by atoms with Gasteiger partial charge in [0.15, 0.2) is 10.0 Å². The Balaban J connectivity index is 1.51. The summed E-state index contributed by atoms with van der Waals surface area (Å²) in [6, 6.07) is 8.89. The van der Waals surface area contributed by atoms with E-state index in [4.69, 9.17) is 14.6 Å². The third-order valence-corrected chi connectivity index (χ3v) is 6.32. The van der Waals surface area contributed by atoms with Crippen molar-refractivity contribution in [1.82, 2.24) is 9.88 Å². The predicted molar refractivity (Wildman–Crippen MR) is 113 cm³/mol. The third kappa shape index (κ3) is 5.97. The van der Waals surface area contributed by atoms with E-state index in [9.17, 15) is 14.7 Å². The summed E-state index contributed by atoms with van der Waals surface area (Å²) in [5, 5.41) is 20.6. The molecule has 3 unspecified atom stereocenters. The van der Waals surface area contributed by atoms with Crippen LogP contribution >= 0.6 is 23.1 Å². The Morgan fingerprint density at radius 3 is 2.90 bits per heavy atom. The highest BCUT2D eigenvalue weighted by Crippen LogP contribution is 2.25. The van der Waals surface area contributed by atoms with Gasteiger partial charge in [0.1, 0.15) is 24.6 Å². The first-order valence-corrected chi connectivity index (χ1v) is 11.1. The molecule has 1 aromatic carbocycles. The van der Waals surface area contributed by atoms with Crippen LogP contribution in [-0.4, -0.2) is 69.3 Å². The van der Waals surface area contributed by atoms with Crippen LogP contribution in [0.5, 0.6) is 5.75 Å². The molecule has 0 saturated carbocycles. The number of hydrogen-bond acceptors (Lipinski definition) is 8. The first-order valence-electron chi connectivity index (χ1n) is 9.27. The number of carboxylic acid groups (broad SMARTS) is 1. The molecule has 1 aliphatic heterocycles. The number of cyclic esters (lactones) is 1. The number of carbonyl (C=O) groups is 2. The van der Waals surface area contributed by atoms with Gasteiger partial charge in [-0.1, -0.05) is 42.1 Å². The van der Waals surface area contributed by atoms with Crippen molar-refractivity contribution >= 4 is 35.2 Å². The lowest BCUT2D eigenvalue weighted by Gasteiger charge is -2.20. The second kappa shape index (κ2) is 10.5. The number of aliphatic hydroxyl groups excluding tert-OH is 1. The molecular weight excluding hydrogens is 428 g/mol. The normalized spacial score (nSPS) is 19.8. The maximum absolute atomic E-state index is 12.2. The lowest BCUT2D eigenvalue weighted by atomic mass is 10.1. The zero-order valence-corrected chi connectivity index (χ0v) is 17.8. The van der Waals surface area contributed by atoms with Crippen LogP contribution in [0.3, 0.4) is 0 Å². The predicted octanol–water partition coefficient (Wildman–Crippen LogP) is 3.14. The number of aromatic carboxylic acids is 1. The van der Waals surface area contributed by atoms with Gasteiger partial charge in [-0.15, -0.1) is 11.3 Å². The van der Waals surface area contributed by atoms with Crippen LogP contribution in [0.15, 0.2) is 52.2 Å². The smallest absolute Gasteiger partial charge is 0.410 e. The van der Waals surface area contributed by atoms with E-state index in [1.807, 2.05) is 30.3 Å². The molecule has 3 atom stereocenters. The minimum Gasteiger partial charge on any atom is -0.491 e.